The molecule has 0 bridgehead atoms. The number of hydrogen-bond donors (Lipinski definition) is 3. The summed E-state index contributed by atoms with van der Waals surface area (Å²) in [6, 6.07) is 6.97. The van der Waals surface area contributed by atoms with E-state index in [4.69, 9.17) is 0 Å². The molecular weight excluding hydrogens is 420 g/mol. The zero-order valence-corrected chi connectivity index (χ0v) is 18.5. The molecule has 30 heavy (non-hydrogen) atoms. The van der Waals surface area contributed by atoms with E-state index in [1.807, 2.05) is 5.38 Å². The Bertz CT molecular complexity index is 877. The van der Waals surface area contributed by atoms with Gasteiger partial charge in [0.25, 0.3) is 0 Å². The van der Waals surface area contributed by atoms with Crippen molar-refractivity contribution in [1.82, 2.24) is 4.98 Å². The van der Waals surface area contributed by atoms with Crippen molar-refractivity contribution in [2.45, 2.75) is 44.8 Å². The molecule has 7 nitrogen and oxygen atoms in total. The second-order valence-electron chi connectivity index (χ2n) is 7.27. The fraction of sp³-hybridized carbons (Fsp3) is 0.429. The predicted molar refractivity (Wildman–Crippen MR) is 123 cm³/mol. The number of hydrogen-bond acceptors (Lipinski definition) is 6. The highest BCUT2D eigenvalue weighted by Gasteiger charge is 2.21. The first-order valence-corrected chi connectivity index (χ1v) is 12.0. The van der Waals surface area contributed by atoms with Crippen LogP contribution in [0.4, 0.5) is 16.5 Å². The first kappa shape index (κ1) is 22.3. The minimum Gasteiger partial charge on any atom is -0.326 e. The zero-order valence-electron chi connectivity index (χ0n) is 16.9. The number of carbonyl (C=O) groups is 3. The maximum absolute atomic E-state index is 12.3. The molecule has 0 unspecified atom stereocenters. The summed E-state index contributed by atoms with van der Waals surface area (Å²) in [6.07, 6.45) is 5.40. The van der Waals surface area contributed by atoms with Crippen LogP contribution in [0.2, 0.25) is 0 Å². The molecule has 9 heteroatoms. The molecular formula is C21H26N4O3S2. The number of nitrogens with one attached hydrogen (secondary N) is 3. The minimum atomic E-state index is -0.137. The summed E-state index contributed by atoms with van der Waals surface area (Å²) in [6.45, 7) is 1.45. The predicted octanol–water partition coefficient (Wildman–Crippen LogP) is 4.49. The minimum absolute atomic E-state index is 0.0761. The molecule has 3 amide bonds. The van der Waals surface area contributed by atoms with E-state index in [0.29, 0.717) is 28.0 Å². The molecule has 160 valence electrons. The molecule has 1 fully saturated rings. The van der Waals surface area contributed by atoms with Crippen molar-refractivity contribution in [3.8, 4) is 0 Å². The van der Waals surface area contributed by atoms with Gasteiger partial charge in [-0.3, -0.25) is 14.4 Å². The van der Waals surface area contributed by atoms with E-state index in [1.165, 1.54) is 36.4 Å². The molecule has 1 aliphatic rings. The van der Waals surface area contributed by atoms with Gasteiger partial charge in [0.15, 0.2) is 5.13 Å². The highest BCUT2D eigenvalue weighted by Crippen LogP contribution is 2.26. The van der Waals surface area contributed by atoms with Gasteiger partial charge in [0.2, 0.25) is 17.7 Å². The molecule has 3 rings (SSSR count). The van der Waals surface area contributed by atoms with E-state index in [2.05, 4.69) is 20.9 Å². The third-order valence-electron chi connectivity index (χ3n) is 4.73. The SMILES string of the molecule is CC(=O)Nc1ccc(NC(=O)CSCc2csc(NC(=O)C3CCCCC3)n2)cc1. The highest BCUT2D eigenvalue weighted by atomic mass is 32.2. The number of anilines is 3. The van der Waals surface area contributed by atoms with E-state index < -0.39 is 0 Å². The summed E-state index contributed by atoms with van der Waals surface area (Å²) in [5.74, 6) is 0.846. The number of thiazole rings is 1. The molecule has 0 atom stereocenters. The Morgan fingerprint density at radius 3 is 2.37 bits per heavy atom. The molecule has 0 spiro atoms. The number of rotatable bonds is 8. The normalized spacial score (nSPS) is 14.2. The second kappa shape index (κ2) is 11.1. The van der Waals surface area contributed by atoms with E-state index in [9.17, 15) is 14.4 Å². The number of benzene rings is 1. The van der Waals surface area contributed by atoms with Gasteiger partial charge in [0.1, 0.15) is 0 Å². The second-order valence-corrected chi connectivity index (χ2v) is 9.11. The summed E-state index contributed by atoms with van der Waals surface area (Å²) >= 11 is 2.89. The van der Waals surface area contributed by atoms with Crippen molar-refractivity contribution in [3.63, 3.8) is 0 Å². The average Bonchev–Trinajstić information content (AvgIpc) is 3.17. The number of amides is 3. The van der Waals surface area contributed by atoms with Crippen LogP contribution in [0, 0.1) is 5.92 Å². The Balaban J connectivity index is 1.38. The van der Waals surface area contributed by atoms with Gasteiger partial charge in [0.05, 0.1) is 11.4 Å². The molecule has 2 aromatic rings. The lowest BCUT2D eigenvalue weighted by atomic mass is 9.89. The maximum atomic E-state index is 12.3. The summed E-state index contributed by atoms with van der Waals surface area (Å²) in [4.78, 5) is 39.9. The monoisotopic (exact) mass is 446 g/mol. The molecule has 1 saturated carbocycles. The molecule has 1 aliphatic carbocycles. The van der Waals surface area contributed by atoms with Crippen molar-refractivity contribution < 1.29 is 14.4 Å². The fourth-order valence-corrected chi connectivity index (χ4v) is 4.82. The lowest BCUT2D eigenvalue weighted by Crippen LogP contribution is -2.24. The molecule has 0 radical (unpaired) electrons. The van der Waals surface area contributed by atoms with Crippen LogP contribution >= 0.6 is 23.1 Å². The third kappa shape index (κ3) is 7.14. The van der Waals surface area contributed by atoms with Gasteiger partial charge in [-0.1, -0.05) is 19.3 Å². The van der Waals surface area contributed by atoms with E-state index >= 15 is 0 Å². The van der Waals surface area contributed by atoms with Crippen molar-refractivity contribution in [2.24, 2.45) is 5.92 Å². The van der Waals surface area contributed by atoms with Crippen LogP contribution in [0.3, 0.4) is 0 Å². The topological polar surface area (TPSA) is 100 Å². The Kier molecular flexibility index (Phi) is 8.27. The van der Waals surface area contributed by atoms with Crippen LogP contribution in [0.5, 0.6) is 0 Å². The largest absolute Gasteiger partial charge is 0.326 e. The van der Waals surface area contributed by atoms with Crippen molar-refractivity contribution in [3.05, 3.63) is 35.3 Å². The van der Waals surface area contributed by atoms with Crippen molar-refractivity contribution in [1.29, 1.82) is 0 Å². The Morgan fingerprint density at radius 1 is 1.03 bits per heavy atom. The summed E-state index contributed by atoms with van der Waals surface area (Å²) in [5, 5.41) is 11.0. The van der Waals surface area contributed by atoms with Crippen LogP contribution in [0.25, 0.3) is 0 Å². The van der Waals surface area contributed by atoms with Crippen LogP contribution in [-0.2, 0) is 20.1 Å². The lowest BCUT2D eigenvalue weighted by Gasteiger charge is -2.19. The number of thioether (sulfide) groups is 1. The van der Waals surface area contributed by atoms with Gasteiger partial charge >= 0.3 is 0 Å². The smallest absolute Gasteiger partial charge is 0.234 e. The number of carbonyl (C=O) groups excluding carboxylic acids is 3. The van der Waals surface area contributed by atoms with Gasteiger partial charge in [0, 0.05) is 35.3 Å². The average molecular weight is 447 g/mol. The van der Waals surface area contributed by atoms with Crippen molar-refractivity contribution in [2.75, 3.05) is 21.7 Å². The van der Waals surface area contributed by atoms with Crippen LogP contribution < -0.4 is 16.0 Å². The summed E-state index contributed by atoms with van der Waals surface area (Å²) < 4.78 is 0. The first-order valence-electron chi connectivity index (χ1n) is 10.00. The highest BCUT2D eigenvalue weighted by molar-refractivity contribution is 7.99. The quantitative estimate of drug-likeness (QED) is 0.555. The van der Waals surface area contributed by atoms with E-state index in [-0.39, 0.29) is 23.6 Å². The molecule has 0 saturated heterocycles. The molecule has 3 N–H and O–H groups in total. The number of nitrogens with zero attached hydrogens (tertiary/aromatic N) is 1. The van der Waals surface area contributed by atoms with Gasteiger partial charge in [-0.05, 0) is 37.1 Å². The van der Waals surface area contributed by atoms with E-state index in [0.717, 1.165) is 31.4 Å². The van der Waals surface area contributed by atoms with Crippen molar-refractivity contribution >= 4 is 57.3 Å². The Morgan fingerprint density at radius 2 is 1.70 bits per heavy atom. The maximum Gasteiger partial charge on any atom is 0.234 e. The molecule has 1 heterocycles. The van der Waals surface area contributed by atoms with Crippen LogP contribution in [0.15, 0.2) is 29.6 Å². The zero-order chi connectivity index (χ0) is 21.3. The van der Waals surface area contributed by atoms with Crippen LogP contribution in [0.1, 0.15) is 44.7 Å². The van der Waals surface area contributed by atoms with Gasteiger partial charge in [-0.25, -0.2) is 4.98 Å². The lowest BCUT2D eigenvalue weighted by molar-refractivity contribution is -0.120. The van der Waals surface area contributed by atoms with E-state index in [1.54, 1.807) is 24.3 Å². The molecule has 1 aromatic carbocycles. The summed E-state index contributed by atoms with van der Waals surface area (Å²) in [7, 11) is 0. The molecule has 1 aromatic heterocycles. The van der Waals surface area contributed by atoms with Crippen LogP contribution in [-0.4, -0.2) is 28.5 Å². The third-order valence-corrected chi connectivity index (χ3v) is 6.50. The number of aromatic nitrogens is 1. The fourth-order valence-electron chi connectivity index (χ4n) is 3.29. The molecule has 0 aliphatic heterocycles. The van der Waals surface area contributed by atoms with Gasteiger partial charge < -0.3 is 16.0 Å². The standard InChI is InChI=1S/C21H26N4O3S2/c1-14(26)22-16-7-9-17(10-8-16)23-19(27)13-29-11-18-12-30-21(24-18)25-20(28)15-5-3-2-4-6-15/h7-10,12,15H,2-6,11,13H2,1H3,(H,22,26)(H,23,27)(H,24,25,28). The van der Waals surface area contributed by atoms with Gasteiger partial charge in [-0.15, -0.1) is 23.1 Å². The first-order chi connectivity index (χ1) is 14.5. The Hall–Kier alpha value is -2.39. The summed E-state index contributed by atoms with van der Waals surface area (Å²) in [5.41, 5.74) is 2.22. The van der Waals surface area contributed by atoms with Gasteiger partial charge in [-0.2, -0.15) is 0 Å². The Labute approximate surface area is 184 Å².